The minimum absolute atomic E-state index is 0.175. The molecule has 0 fully saturated rings. The van der Waals surface area contributed by atoms with Crippen molar-refractivity contribution >= 4 is 0 Å². The van der Waals surface area contributed by atoms with Crippen molar-refractivity contribution in [2.24, 2.45) is 5.41 Å². The number of ether oxygens (including phenoxy) is 2. The fraction of sp³-hybridized carbons (Fsp3) is 0.625. The van der Waals surface area contributed by atoms with Crippen LogP contribution in [0.25, 0.3) is 0 Å². The summed E-state index contributed by atoms with van der Waals surface area (Å²) in [6.07, 6.45) is 1.85. The SMILES string of the molecule is COc1ccc(OC)c(CNCC(C)(C)CCCO)c1. The van der Waals surface area contributed by atoms with Crippen LogP contribution >= 0.6 is 0 Å². The molecule has 4 nitrogen and oxygen atoms in total. The first-order valence-corrected chi connectivity index (χ1v) is 7.05. The number of benzene rings is 1. The Morgan fingerprint density at radius 1 is 1.20 bits per heavy atom. The first kappa shape index (κ1) is 16.8. The van der Waals surface area contributed by atoms with Gasteiger partial charge in [0.25, 0.3) is 0 Å². The Kier molecular flexibility index (Phi) is 6.82. The van der Waals surface area contributed by atoms with Gasteiger partial charge in [-0.2, -0.15) is 0 Å². The zero-order valence-electron chi connectivity index (χ0n) is 13.0. The summed E-state index contributed by atoms with van der Waals surface area (Å²) in [5.41, 5.74) is 1.26. The van der Waals surface area contributed by atoms with Gasteiger partial charge >= 0.3 is 0 Å². The van der Waals surface area contributed by atoms with Gasteiger partial charge in [-0.05, 0) is 36.5 Å². The fourth-order valence-corrected chi connectivity index (χ4v) is 2.20. The van der Waals surface area contributed by atoms with Gasteiger partial charge in [-0.1, -0.05) is 13.8 Å². The fourth-order valence-electron chi connectivity index (χ4n) is 2.20. The van der Waals surface area contributed by atoms with Gasteiger partial charge in [-0.3, -0.25) is 0 Å². The number of aliphatic hydroxyl groups is 1. The highest BCUT2D eigenvalue weighted by atomic mass is 16.5. The molecule has 0 heterocycles. The van der Waals surface area contributed by atoms with Gasteiger partial charge in [0, 0.05) is 25.3 Å². The molecule has 0 spiro atoms. The second kappa shape index (κ2) is 8.12. The lowest BCUT2D eigenvalue weighted by molar-refractivity contribution is 0.236. The molecule has 0 bridgehead atoms. The molecule has 0 amide bonds. The highest BCUT2D eigenvalue weighted by Crippen LogP contribution is 2.25. The van der Waals surface area contributed by atoms with E-state index < -0.39 is 0 Å². The van der Waals surface area contributed by atoms with Crippen molar-refractivity contribution in [2.45, 2.75) is 33.2 Å². The molecule has 0 aliphatic carbocycles. The van der Waals surface area contributed by atoms with Crippen LogP contribution in [0.1, 0.15) is 32.3 Å². The molecule has 0 aliphatic heterocycles. The van der Waals surface area contributed by atoms with Crippen LogP contribution in [0.2, 0.25) is 0 Å². The number of methoxy groups -OCH3 is 2. The van der Waals surface area contributed by atoms with Crippen molar-refractivity contribution in [2.75, 3.05) is 27.4 Å². The van der Waals surface area contributed by atoms with Crippen molar-refractivity contribution in [3.8, 4) is 11.5 Å². The van der Waals surface area contributed by atoms with E-state index in [1.165, 1.54) is 0 Å². The molecule has 0 saturated heterocycles. The number of hydrogen-bond donors (Lipinski definition) is 2. The zero-order chi connectivity index (χ0) is 15.0. The van der Waals surface area contributed by atoms with E-state index >= 15 is 0 Å². The van der Waals surface area contributed by atoms with E-state index in [4.69, 9.17) is 14.6 Å². The third-order valence-electron chi connectivity index (χ3n) is 3.42. The van der Waals surface area contributed by atoms with Gasteiger partial charge in [0.05, 0.1) is 14.2 Å². The topological polar surface area (TPSA) is 50.7 Å². The minimum atomic E-state index is 0.175. The van der Waals surface area contributed by atoms with Gasteiger partial charge in [0.15, 0.2) is 0 Å². The smallest absolute Gasteiger partial charge is 0.123 e. The molecule has 0 saturated carbocycles. The van der Waals surface area contributed by atoms with Crippen LogP contribution in [0, 0.1) is 5.41 Å². The summed E-state index contributed by atoms with van der Waals surface area (Å²) < 4.78 is 10.6. The lowest BCUT2D eigenvalue weighted by Crippen LogP contribution is -2.29. The minimum Gasteiger partial charge on any atom is -0.497 e. The molecule has 0 unspecified atom stereocenters. The summed E-state index contributed by atoms with van der Waals surface area (Å²) in [5, 5.41) is 12.4. The van der Waals surface area contributed by atoms with Crippen LogP contribution in [-0.4, -0.2) is 32.5 Å². The van der Waals surface area contributed by atoms with Gasteiger partial charge < -0.3 is 19.9 Å². The maximum Gasteiger partial charge on any atom is 0.123 e. The first-order chi connectivity index (χ1) is 9.52. The van der Waals surface area contributed by atoms with Gasteiger partial charge in [-0.25, -0.2) is 0 Å². The molecular formula is C16H27NO3. The molecule has 20 heavy (non-hydrogen) atoms. The highest BCUT2D eigenvalue weighted by Gasteiger charge is 2.17. The normalized spacial score (nSPS) is 11.4. The van der Waals surface area contributed by atoms with E-state index in [1.54, 1.807) is 14.2 Å². The summed E-state index contributed by atoms with van der Waals surface area (Å²) in [6.45, 7) is 6.31. The van der Waals surface area contributed by atoms with Gasteiger partial charge in [0.2, 0.25) is 0 Å². The third-order valence-corrected chi connectivity index (χ3v) is 3.42. The Labute approximate surface area is 122 Å². The summed E-state index contributed by atoms with van der Waals surface area (Å²) in [5.74, 6) is 1.70. The number of nitrogens with one attached hydrogen (secondary N) is 1. The molecule has 1 aromatic rings. The van der Waals surface area contributed by atoms with Crippen LogP contribution in [-0.2, 0) is 6.54 Å². The number of hydrogen-bond acceptors (Lipinski definition) is 4. The molecule has 1 aromatic carbocycles. The van der Waals surface area contributed by atoms with Crippen LogP contribution in [0.5, 0.6) is 11.5 Å². The summed E-state index contributed by atoms with van der Waals surface area (Å²) in [4.78, 5) is 0. The van der Waals surface area contributed by atoms with E-state index in [2.05, 4.69) is 19.2 Å². The zero-order valence-corrected chi connectivity index (χ0v) is 13.0. The van der Waals surface area contributed by atoms with E-state index in [9.17, 15) is 0 Å². The van der Waals surface area contributed by atoms with Crippen LogP contribution in [0.15, 0.2) is 18.2 Å². The molecule has 2 N–H and O–H groups in total. The number of rotatable bonds is 9. The Morgan fingerprint density at radius 3 is 2.55 bits per heavy atom. The molecule has 114 valence electrons. The van der Waals surface area contributed by atoms with Crippen molar-refractivity contribution in [1.29, 1.82) is 0 Å². The van der Waals surface area contributed by atoms with E-state index in [0.29, 0.717) is 0 Å². The molecule has 4 heteroatoms. The Balaban J connectivity index is 2.56. The van der Waals surface area contributed by atoms with Crippen molar-refractivity contribution < 1.29 is 14.6 Å². The lowest BCUT2D eigenvalue weighted by Gasteiger charge is -2.25. The highest BCUT2D eigenvalue weighted by molar-refractivity contribution is 5.40. The predicted molar refractivity (Wildman–Crippen MR) is 81.4 cm³/mol. The van der Waals surface area contributed by atoms with E-state index in [1.807, 2.05) is 18.2 Å². The average Bonchev–Trinajstić information content (AvgIpc) is 2.45. The second-order valence-corrected chi connectivity index (χ2v) is 5.77. The van der Waals surface area contributed by atoms with Crippen LogP contribution < -0.4 is 14.8 Å². The predicted octanol–water partition coefficient (Wildman–Crippen LogP) is 2.59. The van der Waals surface area contributed by atoms with Gasteiger partial charge in [0.1, 0.15) is 11.5 Å². The van der Waals surface area contributed by atoms with Crippen molar-refractivity contribution in [3.63, 3.8) is 0 Å². The lowest BCUT2D eigenvalue weighted by atomic mass is 9.88. The average molecular weight is 281 g/mol. The number of aliphatic hydroxyl groups excluding tert-OH is 1. The largest absolute Gasteiger partial charge is 0.497 e. The van der Waals surface area contributed by atoms with Crippen molar-refractivity contribution in [3.05, 3.63) is 23.8 Å². The monoisotopic (exact) mass is 281 g/mol. The molecule has 0 radical (unpaired) electrons. The van der Waals surface area contributed by atoms with Crippen LogP contribution in [0.3, 0.4) is 0 Å². The van der Waals surface area contributed by atoms with Gasteiger partial charge in [-0.15, -0.1) is 0 Å². The Morgan fingerprint density at radius 2 is 1.95 bits per heavy atom. The molecule has 0 aliphatic rings. The molecule has 0 aromatic heterocycles. The molecular weight excluding hydrogens is 254 g/mol. The molecule has 0 atom stereocenters. The summed E-state index contributed by atoms with van der Waals surface area (Å²) in [7, 11) is 3.34. The standard InChI is InChI=1S/C16H27NO3/c1-16(2,8-5-9-18)12-17-11-13-10-14(19-3)6-7-15(13)20-4/h6-7,10,17-18H,5,8-9,11-12H2,1-4H3. The maximum absolute atomic E-state index is 8.91. The van der Waals surface area contributed by atoms with E-state index in [0.717, 1.165) is 43.0 Å². The quantitative estimate of drug-likeness (QED) is 0.730. The van der Waals surface area contributed by atoms with Crippen molar-refractivity contribution in [1.82, 2.24) is 5.32 Å². The summed E-state index contributed by atoms with van der Waals surface area (Å²) in [6, 6.07) is 5.81. The Hall–Kier alpha value is -1.26. The maximum atomic E-state index is 8.91. The van der Waals surface area contributed by atoms with E-state index in [-0.39, 0.29) is 12.0 Å². The summed E-state index contributed by atoms with van der Waals surface area (Å²) >= 11 is 0. The second-order valence-electron chi connectivity index (χ2n) is 5.77. The molecule has 1 rings (SSSR count). The first-order valence-electron chi connectivity index (χ1n) is 7.05. The Bertz CT molecular complexity index is 405. The third kappa shape index (κ3) is 5.39. The van der Waals surface area contributed by atoms with Crippen LogP contribution in [0.4, 0.5) is 0 Å².